The van der Waals surface area contributed by atoms with Crippen molar-refractivity contribution in [3.05, 3.63) is 63.6 Å². The third-order valence-electron chi connectivity index (χ3n) is 3.73. The summed E-state index contributed by atoms with van der Waals surface area (Å²) in [6, 6.07) is 8.77. The molecule has 0 saturated carbocycles. The Hall–Kier alpha value is -2.67. The van der Waals surface area contributed by atoms with Gasteiger partial charge < -0.3 is 14.2 Å². The molecule has 2 heterocycles. The molecule has 0 unspecified atom stereocenters. The lowest BCUT2D eigenvalue weighted by atomic mass is 9.98. The highest BCUT2D eigenvalue weighted by Crippen LogP contribution is 2.29. The minimum absolute atomic E-state index is 0.0673. The summed E-state index contributed by atoms with van der Waals surface area (Å²) in [5.74, 6) is -1.24. The van der Waals surface area contributed by atoms with E-state index in [0.717, 1.165) is 4.47 Å². The number of carboxylic acids is 1. The SMILES string of the molecule is Cc1onc(-c2ccc(Br)cc2)c1C(=O)c1ccn(C)c1C(=O)O. The van der Waals surface area contributed by atoms with E-state index in [1.54, 1.807) is 32.3 Å². The summed E-state index contributed by atoms with van der Waals surface area (Å²) in [6.45, 7) is 1.63. The van der Waals surface area contributed by atoms with Crippen molar-refractivity contribution in [2.45, 2.75) is 6.92 Å². The van der Waals surface area contributed by atoms with Gasteiger partial charge in [0.1, 0.15) is 17.1 Å². The molecule has 0 fully saturated rings. The Balaban J connectivity index is 2.14. The second-order valence-electron chi connectivity index (χ2n) is 5.29. The highest BCUT2D eigenvalue weighted by Gasteiger charge is 2.27. The molecule has 1 aromatic carbocycles. The Kier molecular flexibility index (Phi) is 4.11. The van der Waals surface area contributed by atoms with Crippen molar-refractivity contribution >= 4 is 27.7 Å². The second-order valence-corrected chi connectivity index (χ2v) is 6.21. The lowest BCUT2D eigenvalue weighted by molar-refractivity contribution is 0.0682. The molecule has 0 bridgehead atoms. The zero-order chi connectivity index (χ0) is 17.4. The second kappa shape index (κ2) is 6.09. The maximum absolute atomic E-state index is 12.9. The first-order valence-corrected chi connectivity index (χ1v) is 7.85. The van der Waals surface area contributed by atoms with E-state index in [1.165, 1.54) is 10.6 Å². The van der Waals surface area contributed by atoms with Gasteiger partial charge in [0.25, 0.3) is 0 Å². The van der Waals surface area contributed by atoms with Crippen molar-refractivity contribution in [3.8, 4) is 11.3 Å². The number of aromatic carboxylic acids is 1. The lowest BCUT2D eigenvalue weighted by Gasteiger charge is -2.04. The van der Waals surface area contributed by atoms with Crippen LogP contribution in [0.25, 0.3) is 11.3 Å². The van der Waals surface area contributed by atoms with Gasteiger partial charge in [0.2, 0.25) is 5.78 Å². The summed E-state index contributed by atoms with van der Waals surface area (Å²) in [6.07, 6.45) is 1.54. The van der Waals surface area contributed by atoms with Gasteiger partial charge in [-0.25, -0.2) is 4.79 Å². The molecule has 2 aromatic heterocycles. The maximum Gasteiger partial charge on any atom is 0.353 e. The van der Waals surface area contributed by atoms with E-state index in [1.807, 2.05) is 12.1 Å². The van der Waals surface area contributed by atoms with Crippen molar-refractivity contribution in [1.29, 1.82) is 0 Å². The first-order chi connectivity index (χ1) is 11.4. The highest BCUT2D eigenvalue weighted by atomic mass is 79.9. The zero-order valence-corrected chi connectivity index (χ0v) is 14.5. The summed E-state index contributed by atoms with van der Waals surface area (Å²) < 4.78 is 7.49. The number of hydrogen-bond acceptors (Lipinski definition) is 4. The number of halogens is 1. The van der Waals surface area contributed by atoms with Gasteiger partial charge >= 0.3 is 5.97 Å². The zero-order valence-electron chi connectivity index (χ0n) is 12.9. The Morgan fingerprint density at radius 2 is 1.88 bits per heavy atom. The smallest absolute Gasteiger partial charge is 0.353 e. The van der Waals surface area contributed by atoms with Gasteiger partial charge in [0.05, 0.1) is 11.1 Å². The number of aromatic nitrogens is 2. The van der Waals surface area contributed by atoms with Crippen molar-refractivity contribution in [2.24, 2.45) is 7.05 Å². The first-order valence-electron chi connectivity index (χ1n) is 7.05. The van der Waals surface area contributed by atoms with Crippen molar-refractivity contribution in [3.63, 3.8) is 0 Å². The molecule has 0 aliphatic carbocycles. The number of ketones is 1. The average molecular weight is 389 g/mol. The van der Waals surface area contributed by atoms with Crippen LogP contribution in [0.15, 0.2) is 45.5 Å². The van der Waals surface area contributed by atoms with E-state index in [4.69, 9.17) is 4.52 Å². The minimum atomic E-state index is -1.16. The Bertz CT molecular complexity index is 938. The fourth-order valence-corrected chi connectivity index (χ4v) is 2.82. The Morgan fingerprint density at radius 3 is 2.50 bits per heavy atom. The molecule has 24 heavy (non-hydrogen) atoms. The summed E-state index contributed by atoms with van der Waals surface area (Å²) in [5, 5.41) is 13.3. The van der Waals surface area contributed by atoms with Crippen LogP contribution in [0.2, 0.25) is 0 Å². The molecule has 0 atom stereocenters. The first kappa shape index (κ1) is 16.2. The molecular formula is C17H13BrN2O4. The molecule has 0 spiro atoms. The molecule has 7 heteroatoms. The lowest BCUT2D eigenvalue weighted by Crippen LogP contribution is -2.12. The number of carboxylic acid groups (broad SMARTS) is 1. The van der Waals surface area contributed by atoms with Crippen molar-refractivity contribution in [1.82, 2.24) is 9.72 Å². The minimum Gasteiger partial charge on any atom is -0.477 e. The fourth-order valence-electron chi connectivity index (χ4n) is 2.56. The monoisotopic (exact) mass is 388 g/mol. The van der Waals surface area contributed by atoms with E-state index in [9.17, 15) is 14.7 Å². The Labute approximate surface area is 145 Å². The highest BCUT2D eigenvalue weighted by molar-refractivity contribution is 9.10. The molecule has 0 aliphatic rings. The molecule has 1 N–H and O–H groups in total. The number of carbonyl (C=O) groups is 2. The van der Waals surface area contributed by atoms with E-state index in [2.05, 4.69) is 21.1 Å². The van der Waals surface area contributed by atoms with Crippen molar-refractivity contribution in [2.75, 3.05) is 0 Å². The van der Waals surface area contributed by atoms with Crippen LogP contribution in [0.5, 0.6) is 0 Å². The average Bonchev–Trinajstić information content (AvgIpc) is 3.10. The number of benzene rings is 1. The van der Waals surface area contributed by atoms with E-state index in [0.29, 0.717) is 17.0 Å². The van der Waals surface area contributed by atoms with Gasteiger partial charge in [-0.2, -0.15) is 0 Å². The van der Waals surface area contributed by atoms with Crippen LogP contribution in [0.3, 0.4) is 0 Å². The predicted molar refractivity (Wildman–Crippen MR) is 90.2 cm³/mol. The molecular weight excluding hydrogens is 376 g/mol. The third kappa shape index (κ3) is 2.67. The van der Waals surface area contributed by atoms with E-state index >= 15 is 0 Å². The summed E-state index contributed by atoms with van der Waals surface area (Å²) >= 11 is 3.36. The third-order valence-corrected chi connectivity index (χ3v) is 4.26. The summed E-state index contributed by atoms with van der Waals surface area (Å²) in [5.41, 5.74) is 1.42. The molecule has 0 radical (unpaired) electrons. The molecule has 0 saturated heterocycles. The van der Waals surface area contributed by atoms with Gasteiger partial charge in [-0.05, 0) is 25.1 Å². The predicted octanol–water partition coefficient (Wildman–Crippen LogP) is 3.68. The van der Waals surface area contributed by atoms with Crippen LogP contribution in [-0.2, 0) is 7.05 Å². The van der Waals surface area contributed by atoms with Crippen LogP contribution in [0, 0.1) is 6.92 Å². The summed E-state index contributed by atoms with van der Waals surface area (Å²) in [7, 11) is 1.58. The Morgan fingerprint density at radius 1 is 1.21 bits per heavy atom. The van der Waals surface area contributed by atoms with Gasteiger partial charge in [-0.3, -0.25) is 4.79 Å². The topological polar surface area (TPSA) is 85.3 Å². The van der Waals surface area contributed by atoms with Gasteiger partial charge in [-0.15, -0.1) is 0 Å². The number of aryl methyl sites for hydroxylation is 2. The molecule has 3 aromatic rings. The van der Waals surface area contributed by atoms with E-state index in [-0.39, 0.29) is 16.8 Å². The maximum atomic E-state index is 12.9. The molecule has 0 aliphatic heterocycles. The van der Waals surface area contributed by atoms with Crippen LogP contribution in [0.4, 0.5) is 0 Å². The molecule has 3 rings (SSSR count). The largest absolute Gasteiger partial charge is 0.477 e. The standard InChI is InChI=1S/C17H13BrN2O4/c1-9-13(14(19-24-9)10-3-5-11(18)6-4-10)16(21)12-7-8-20(2)15(12)17(22)23/h3-8H,1-2H3,(H,22,23). The quantitative estimate of drug-likeness (QED) is 0.688. The number of nitrogens with zero attached hydrogens (tertiary/aromatic N) is 2. The van der Waals surface area contributed by atoms with Crippen molar-refractivity contribution < 1.29 is 19.2 Å². The summed E-state index contributed by atoms with van der Waals surface area (Å²) in [4.78, 5) is 24.4. The molecule has 0 amide bonds. The van der Waals surface area contributed by atoms with Crippen LogP contribution in [0.1, 0.15) is 32.2 Å². The number of hydrogen-bond donors (Lipinski definition) is 1. The number of rotatable bonds is 4. The normalized spacial score (nSPS) is 10.8. The molecule has 122 valence electrons. The van der Waals surface area contributed by atoms with Crippen LogP contribution < -0.4 is 0 Å². The van der Waals surface area contributed by atoms with Gasteiger partial charge in [0.15, 0.2) is 0 Å². The van der Waals surface area contributed by atoms with Gasteiger partial charge in [-0.1, -0.05) is 33.2 Å². The van der Waals surface area contributed by atoms with Crippen LogP contribution >= 0.6 is 15.9 Å². The van der Waals surface area contributed by atoms with Crippen LogP contribution in [-0.4, -0.2) is 26.6 Å². The van der Waals surface area contributed by atoms with Gasteiger partial charge in [0, 0.05) is 23.3 Å². The molecule has 6 nitrogen and oxygen atoms in total. The van der Waals surface area contributed by atoms with E-state index < -0.39 is 11.8 Å². The fraction of sp³-hybridized carbons (Fsp3) is 0.118. The number of carbonyl (C=O) groups excluding carboxylic acids is 1.